The smallest absolute Gasteiger partial charge is 0.271 e. The van der Waals surface area contributed by atoms with Gasteiger partial charge in [0, 0.05) is 31.0 Å². The van der Waals surface area contributed by atoms with Gasteiger partial charge in [0.15, 0.2) is 0 Å². The van der Waals surface area contributed by atoms with Crippen LogP contribution in [-0.4, -0.2) is 25.7 Å². The summed E-state index contributed by atoms with van der Waals surface area (Å²) in [5.41, 5.74) is 12.1. The largest absolute Gasteiger partial charge is 0.399 e. The molecule has 2 aromatic carbocycles. The summed E-state index contributed by atoms with van der Waals surface area (Å²) in [5.74, 6) is -0.242. The van der Waals surface area contributed by atoms with E-state index in [4.69, 9.17) is 5.73 Å². The second-order valence-electron chi connectivity index (χ2n) is 5.20. The molecule has 2 rings (SSSR count). The van der Waals surface area contributed by atoms with Crippen LogP contribution in [0.2, 0.25) is 0 Å². The van der Waals surface area contributed by atoms with Gasteiger partial charge in [0.2, 0.25) is 0 Å². The van der Waals surface area contributed by atoms with E-state index in [9.17, 15) is 4.79 Å². The Kier molecular flexibility index (Phi) is 4.78. The molecule has 0 aliphatic carbocycles. The van der Waals surface area contributed by atoms with E-state index < -0.39 is 0 Å². The lowest BCUT2D eigenvalue weighted by molar-refractivity contribution is 0.0955. The number of hydrazone groups is 1. The van der Waals surface area contributed by atoms with Crippen molar-refractivity contribution >= 4 is 23.0 Å². The van der Waals surface area contributed by atoms with Crippen LogP contribution in [-0.2, 0) is 0 Å². The van der Waals surface area contributed by atoms with Gasteiger partial charge in [-0.25, -0.2) is 5.43 Å². The summed E-state index contributed by atoms with van der Waals surface area (Å²) in [7, 11) is 3.91. The monoisotopic (exact) mass is 296 g/mol. The maximum Gasteiger partial charge on any atom is 0.271 e. The first-order valence-corrected chi connectivity index (χ1v) is 6.95. The van der Waals surface area contributed by atoms with Gasteiger partial charge in [0.1, 0.15) is 0 Å². The number of carbonyl (C=O) groups is 1. The van der Waals surface area contributed by atoms with E-state index in [0.29, 0.717) is 17.0 Å². The number of nitrogen functional groups attached to an aromatic ring is 1. The molecular formula is C17H20N4O. The molecule has 0 aliphatic rings. The Labute approximate surface area is 130 Å². The Morgan fingerprint density at radius 1 is 1.09 bits per heavy atom. The topological polar surface area (TPSA) is 70.7 Å². The predicted molar refractivity (Wildman–Crippen MR) is 91.3 cm³/mol. The minimum Gasteiger partial charge on any atom is -0.399 e. The predicted octanol–water partition coefficient (Wildman–Crippen LogP) is 2.49. The summed E-state index contributed by atoms with van der Waals surface area (Å²) < 4.78 is 0. The Bertz CT molecular complexity index is 690. The first-order valence-electron chi connectivity index (χ1n) is 6.95. The average molecular weight is 296 g/mol. The molecule has 2 aromatic rings. The molecule has 5 nitrogen and oxygen atoms in total. The summed E-state index contributed by atoms with van der Waals surface area (Å²) in [6.45, 7) is 1.82. The second-order valence-corrected chi connectivity index (χ2v) is 5.20. The second kappa shape index (κ2) is 6.76. The average Bonchev–Trinajstić information content (AvgIpc) is 2.52. The number of amides is 1. The van der Waals surface area contributed by atoms with Crippen LogP contribution >= 0.6 is 0 Å². The van der Waals surface area contributed by atoms with E-state index in [1.807, 2.05) is 62.3 Å². The van der Waals surface area contributed by atoms with Crippen LogP contribution in [0, 0.1) is 0 Å². The molecule has 0 heterocycles. The van der Waals surface area contributed by atoms with Crippen molar-refractivity contribution in [2.24, 2.45) is 5.10 Å². The third-order valence-corrected chi connectivity index (χ3v) is 3.28. The highest BCUT2D eigenvalue weighted by Crippen LogP contribution is 2.12. The van der Waals surface area contributed by atoms with E-state index in [2.05, 4.69) is 10.5 Å². The van der Waals surface area contributed by atoms with Gasteiger partial charge < -0.3 is 10.6 Å². The van der Waals surface area contributed by atoms with Crippen LogP contribution in [0.4, 0.5) is 11.4 Å². The molecule has 5 heteroatoms. The first kappa shape index (κ1) is 15.6. The highest BCUT2D eigenvalue weighted by Gasteiger charge is 2.05. The molecular weight excluding hydrogens is 276 g/mol. The normalized spacial score (nSPS) is 11.1. The number of nitrogens with zero attached hydrogens (tertiary/aromatic N) is 2. The Morgan fingerprint density at radius 2 is 1.77 bits per heavy atom. The van der Waals surface area contributed by atoms with E-state index in [1.165, 1.54) is 0 Å². The van der Waals surface area contributed by atoms with Gasteiger partial charge in [0.05, 0.1) is 5.71 Å². The fourth-order valence-electron chi connectivity index (χ4n) is 1.94. The molecule has 0 spiro atoms. The zero-order chi connectivity index (χ0) is 16.1. The number of carbonyl (C=O) groups excluding carboxylic acids is 1. The molecule has 3 N–H and O–H groups in total. The maximum atomic E-state index is 12.1. The standard InChI is InChI=1S/C17H20N4O/c1-12(14-5-4-6-15(18)11-14)19-20-17(22)13-7-9-16(10-8-13)21(2)3/h4-11H,18H2,1-3H3,(H,20,22)/b19-12+. The highest BCUT2D eigenvalue weighted by molar-refractivity contribution is 6.01. The van der Waals surface area contributed by atoms with Crippen molar-refractivity contribution in [3.63, 3.8) is 0 Å². The SMILES string of the molecule is C/C(=N\NC(=O)c1ccc(N(C)C)cc1)c1cccc(N)c1. The Balaban J connectivity index is 2.07. The zero-order valence-corrected chi connectivity index (χ0v) is 13.0. The quantitative estimate of drug-likeness (QED) is 0.517. The van der Waals surface area contributed by atoms with E-state index in [-0.39, 0.29) is 5.91 Å². The van der Waals surface area contributed by atoms with Crippen molar-refractivity contribution in [2.75, 3.05) is 24.7 Å². The summed E-state index contributed by atoms with van der Waals surface area (Å²) in [6, 6.07) is 14.7. The van der Waals surface area contributed by atoms with Gasteiger partial charge in [-0.1, -0.05) is 12.1 Å². The molecule has 0 atom stereocenters. The lowest BCUT2D eigenvalue weighted by Crippen LogP contribution is -2.19. The number of benzene rings is 2. The number of nitrogens with one attached hydrogen (secondary N) is 1. The molecule has 114 valence electrons. The van der Waals surface area contributed by atoms with Gasteiger partial charge in [-0.15, -0.1) is 0 Å². The zero-order valence-electron chi connectivity index (χ0n) is 13.0. The third kappa shape index (κ3) is 3.85. The highest BCUT2D eigenvalue weighted by atomic mass is 16.2. The van der Waals surface area contributed by atoms with Crippen LogP contribution in [0.1, 0.15) is 22.8 Å². The van der Waals surface area contributed by atoms with Crippen molar-refractivity contribution in [3.05, 3.63) is 59.7 Å². The van der Waals surface area contributed by atoms with Crippen LogP contribution < -0.4 is 16.1 Å². The van der Waals surface area contributed by atoms with E-state index in [1.54, 1.807) is 12.1 Å². The molecule has 22 heavy (non-hydrogen) atoms. The number of hydrogen-bond donors (Lipinski definition) is 2. The molecule has 0 aromatic heterocycles. The molecule has 0 saturated carbocycles. The minimum absolute atomic E-state index is 0.242. The van der Waals surface area contributed by atoms with Crippen molar-refractivity contribution < 1.29 is 4.79 Å². The summed E-state index contributed by atoms with van der Waals surface area (Å²) in [6.07, 6.45) is 0. The molecule has 0 fully saturated rings. The van der Waals surface area contributed by atoms with Crippen LogP contribution in [0.25, 0.3) is 0 Å². The van der Waals surface area contributed by atoms with Gasteiger partial charge in [-0.05, 0) is 48.9 Å². The van der Waals surface area contributed by atoms with Crippen molar-refractivity contribution in [1.82, 2.24) is 5.43 Å². The van der Waals surface area contributed by atoms with E-state index >= 15 is 0 Å². The van der Waals surface area contributed by atoms with E-state index in [0.717, 1.165) is 11.3 Å². The Hall–Kier alpha value is -2.82. The summed E-state index contributed by atoms with van der Waals surface area (Å²) in [4.78, 5) is 14.0. The van der Waals surface area contributed by atoms with Crippen molar-refractivity contribution in [2.45, 2.75) is 6.92 Å². The number of anilines is 2. The van der Waals surface area contributed by atoms with Crippen molar-refractivity contribution in [1.29, 1.82) is 0 Å². The summed E-state index contributed by atoms with van der Waals surface area (Å²) in [5, 5.41) is 4.12. The van der Waals surface area contributed by atoms with Gasteiger partial charge in [-0.2, -0.15) is 5.10 Å². The minimum atomic E-state index is -0.242. The molecule has 0 saturated heterocycles. The number of nitrogens with two attached hydrogens (primary N) is 1. The van der Waals surface area contributed by atoms with Gasteiger partial charge >= 0.3 is 0 Å². The number of hydrogen-bond acceptors (Lipinski definition) is 4. The lowest BCUT2D eigenvalue weighted by Gasteiger charge is -2.12. The Morgan fingerprint density at radius 3 is 2.36 bits per heavy atom. The fourth-order valence-corrected chi connectivity index (χ4v) is 1.94. The first-order chi connectivity index (χ1) is 10.5. The van der Waals surface area contributed by atoms with Crippen molar-refractivity contribution in [3.8, 4) is 0 Å². The maximum absolute atomic E-state index is 12.1. The van der Waals surface area contributed by atoms with Crippen LogP contribution in [0.5, 0.6) is 0 Å². The molecule has 0 unspecified atom stereocenters. The molecule has 0 bridgehead atoms. The van der Waals surface area contributed by atoms with Crippen LogP contribution in [0.3, 0.4) is 0 Å². The summed E-state index contributed by atoms with van der Waals surface area (Å²) >= 11 is 0. The molecule has 0 aliphatic heterocycles. The fraction of sp³-hybridized carbons (Fsp3) is 0.176. The third-order valence-electron chi connectivity index (χ3n) is 3.28. The van der Waals surface area contributed by atoms with Gasteiger partial charge in [-0.3, -0.25) is 4.79 Å². The lowest BCUT2D eigenvalue weighted by atomic mass is 10.1. The molecule has 0 radical (unpaired) electrons. The molecule has 1 amide bonds. The van der Waals surface area contributed by atoms with Crippen LogP contribution in [0.15, 0.2) is 53.6 Å². The number of rotatable bonds is 4. The van der Waals surface area contributed by atoms with Gasteiger partial charge in [0.25, 0.3) is 5.91 Å².